The van der Waals surface area contributed by atoms with E-state index >= 15 is 0 Å². The summed E-state index contributed by atoms with van der Waals surface area (Å²) in [4.78, 5) is 7.90. The Morgan fingerprint density at radius 2 is 2.20 bits per heavy atom. The molecular formula is C9H14N4O2. The predicted molar refractivity (Wildman–Crippen MR) is 54.9 cm³/mol. The SMILES string of the molecule is CC(C)(C)Oc1nccc(/C(N)=N/O)n1. The fourth-order valence-corrected chi connectivity index (χ4v) is 0.858. The molecule has 0 aromatic carbocycles. The second-order valence-electron chi connectivity index (χ2n) is 3.92. The molecule has 0 aliphatic carbocycles. The van der Waals surface area contributed by atoms with Gasteiger partial charge in [-0.1, -0.05) is 5.16 Å². The first-order chi connectivity index (χ1) is 6.92. The van der Waals surface area contributed by atoms with Gasteiger partial charge in [0.15, 0.2) is 5.84 Å². The molecule has 1 heterocycles. The number of ether oxygens (including phenoxy) is 1. The van der Waals surface area contributed by atoms with Crippen LogP contribution in [0, 0.1) is 0 Å². The van der Waals surface area contributed by atoms with E-state index in [0.717, 1.165) is 0 Å². The van der Waals surface area contributed by atoms with Crippen LogP contribution in [0.5, 0.6) is 6.01 Å². The Morgan fingerprint density at radius 1 is 1.53 bits per heavy atom. The molecule has 6 nitrogen and oxygen atoms in total. The summed E-state index contributed by atoms with van der Waals surface area (Å²) in [5, 5.41) is 11.3. The van der Waals surface area contributed by atoms with Gasteiger partial charge in [-0.15, -0.1) is 0 Å². The molecule has 0 aliphatic heterocycles. The van der Waals surface area contributed by atoms with E-state index in [2.05, 4.69) is 15.1 Å². The lowest BCUT2D eigenvalue weighted by atomic mass is 10.2. The molecule has 0 amide bonds. The van der Waals surface area contributed by atoms with E-state index in [0.29, 0.717) is 5.69 Å². The van der Waals surface area contributed by atoms with Gasteiger partial charge in [0.1, 0.15) is 11.3 Å². The molecule has 0 fully saturated rings. The van der Waals surface area contributed by atoms with Gasteiger partial charge in [0, 0.05) is 6.20 Å². The topological polar surface area (TPSA) is 93.6 Å². The number of aromatic nitrogens is 2. The third-order valence-corrected chi connectivity index (χ3v) is 1.40. The van der Waals surface area contributed by atoms with Gasteiger partial charge in [-0.2, -0.15) is 4.98 Å². The van der Waals surface area contributed by atoms with Crippen LogP contribution in [0.4, 0.5) is 0 Å². The van der Waals surface area contributed by atoms with Crippen molar-refractivity contribution in [2.24, 2.45) is 10.9 Å². The molecule has 15 heavy (non-hydrogen) atoms. The van der Waals surface area contributed by atoms with Gasteiger partial charge in [-0.3, -0.25) is 0 Å². The fraction of sp³-hybridized carbons (Fsp3) is 0.444. The standard InChI is InChI=1S/C9H14N4O2/c1-9(2,3)15-8-11-5-4-6(12-8)7(10)13-14/h4-5,14H,1-3H3,(H2,10,13). The van der Waals surface area contributed by atoms with Crippen LogP contribution in [-0.4, -0.2) is 26.6 Å². The molecule has 6 heteroatoms. The van der Waals surface area contributed by atoms with Crippen LogP contribution < -0.4 is 10.5 Å². The van der Waals surface area contributed by atoms with Crippen molar-refractivity contribution >= 4 is 5.84 Å². The number of amidine groups is 1. The van der Waals surface area contributed by atoms with E-state index in [1.165, 1.54) is 12.3 Å². The van der Waals surface area contributed by atoms with Gasteiger partial charge in [0.05, 0.1) is 0 Å². The molecule has 82 valence electrons. The molecular weight excluding hydrogens is 196 g/mol. The predicted octanol–water partition coefficient (Wildman–Crippen LogP) is 0.748. The van der Waals surface area contributed by atoms with Crippen molar-refractivity contribution in [1.29, 1.82) is 0 Å². The Bertz CT molecular complexity index is 371. The zero-order valence-corrected chi connectivity index (χ0v) is 8.93. The summed E-state index contributed by atoms with van der Waals surface area (Å²) in [6.07, 6.45) is 1.49. The Balaban J connectivity index is 2.93. The van der Waals surface area contributed by atoms with Crippen molar-refractivity contribution < 1.29 is 9.94 Å². The van der Waals surface area contributed by atoms with Gasteiger partial charge in [0.25, 0.3) is 0 Å². The highest BCUT2D eigenvalue weighted by atomic mass is 16.5. The molecule has 0 bridgehead atoms. The van der Waals surface area contributed by atoms with E-state index in [4.69, 9.17) is 15.7 Å². The minimum atomic E-state index is -0.385. The average Bonchev–Trinajstić information content (AvgIpc) is 2.14. The molecule has 1 aromatic rings. The summed E-state index contributed by atoms with van der Waals surface area (Å²) in [5.41, 5.74) is 5.32. The van der Waals surface area contributed by atoms with Crippen molar-refractivity contribution in [3.8, 4) is 6.01 Å². The lowest BCUT2D eigenvalue weighted by molar-refractivity contribution is 0.116. The highest BCUT2D eigenvalue weighted by Gasteiger charge is 2.14. The van der Waals surface area contributed by atoms with Gasteiger partial charge in [0.2, 0.25) is 0 Å². The quantitative estimate of drug-likeness (QED) is 0.325. The summed E-state index contributed by atoms with van der Waals surface area (Å²) in [6.45, 7) is 5.64. The average molecular weight is 210 g/mol. The molecule has 0 saturated carbocycles. The Morgan fingerprint density at radius 3 is 2.73 bits per heavy atom. The normalized spacial score (nSPS) is 12.6. The van der Waals surface area contributed by atoms with Crippen molar-refractivity contribution in [2.75, 3.05) is 0 Å². The van der Waals surface area contributed by atoms with Gasteiger partial charge >= 0.3 is 6.01 Å². The smallest absolute Gasteiger partial charge is 0.317 e. The molecule has 0 atom stereocenters. The Kier molecular flexibility index (Phi) is 3.08. The van der Waals surface area contributed by atoms with Crippen LogP contribution in [0.3, 0.4) is 0 Å². The summed E-state index contributed by atoms with van der Waals surface area (Å²) < 4.78 is 5.42. The second kappa shape index (κ2) is 4.12. The highest BCUT2D eigenvalue weighted by Crippen LogP contribution is 2.12. The van der Waals surface area contributed by atoms with Crippen molar-refractivity contribution in [3.05, 3.63) is 18.0 Å². The first-order valence-electron chi connectivity index (χ1n) is 4.42. The molecule has 0 unspecified atom stereocenters. The number of nitrogens with zero attached hydrogens (tertiary/aromatic N) is 3. The zero-order chi connectivity index (χ0) is 11.5. The van der Waals surface area contributed by atoms with Crippen LogP contribution in [0.2, 0.25) is 0 Å². The van der Waals surface area contributed by atoms with Crippen LogP contribution in [0.25, 0.3) is 0 Å². The lowest BCUT2D eigenvalue weighted by Crippen LogP contribution is -2.25. The van der Waals surface area contributed by atoms with Crippen LogP contribution in [-0.2, 0) is 0 Å². The van der Waals surface area contributed by atoms with Gasteiger partial charge < -0.3 is 15.7 Å². The highest BCUT2D eigenvalue weighted by molar-refractivity contribution is 5.95. The summed E-state index contributed by atoms with van der Waals surface area (Å²) in [5.74, 6) is -0.0730. The Hall–Kier alpha value is -1.85. The molecule has 0 radical (unpaired) electrons. The Labute approximate surface area is 87.8 Å². The van der Waals surface area contributed by atoms with Crippen molar-refractivity contribution in [3.63, 3.8) is 0 Å². The fourth-order valence-electron chi connectivity index (χ4n) is 0.858. The van der Waals surface area contributed by atoms with E-state index in [1.807, 2.05) is 20.8 Å². The molecule has 1 rings (SSSR count). The summed E-state index contributed by atoms with van der Waals surface area (Å²) in [6, 6.07) is 1.73. The zero-order valence-electron chi connectivity index (χ0n) is 8.93. The van der Waals surface area contributed by atoms with E-state index in [9.17, 15) is 0 Å². The molecule has 0 aliphatic rings. The number of hydrogen-bond donors (Lipinski definition) is 2. The number of oxime groups is 1. The van der Waals surface area contributed by atoms with Crippen LogP contribution in [0.15, 0.2) is 17.4 Å². The first kappa shape index (κ1) is 11.2. The minimum absolute atomic E-state index is 0.0730. The molecule has 1 aromatic heterocycles. The van der Waals surface area contributed by atoms with E-state index in [-0.39, 0.29) is 17.4 Å². The maximum Gasteiger partial charge on any atom is 0.317 e. The molecule has 0 saturated heterocycles. The van der Waals surface area contributed by atoms with E-state index in [1.54, 1.807) is 0 Å². The maximum absolute atomic E-state index is 8.47. The largest absolute Gasteiger partial charge is 0.458 e. The van der Waals surface area contributed by atoms with Crippen LogP contribution >= 0.6 is 0 Å². The third kappa shape index (κ3) is 3.41. The molecule has 3 N–H and O–H groups in total. The second-order valence-corrected chi connectivity index (χ2v) is 3.92. The monoisotopic (exact) mass is 210 g/mol. The van der Waals surface area contributed by atoms with Crippen molar-refractivity contribution in [2.45, 2.75) is 26.4 Å². The van der Waals surface area contributed by atoms with Gasteiger partial charge in [-0.25, -0.2) is 4.98 Å². The minimum Gasteiger partial charge on any atom is -0.458 e. The summed E-state index contributed by atoms with van der Waals surface area (Å²) in [7, 11) is 0. The maximum atomic E-state index is 8.47. The third-order valence-electron chi connectivity index (χ3n) is 1.40. The van der Waals surface area contributed by atoms with E-state index < -0.39 is 0 Å². The van der Waals surface area contributed by atoms with Crippen LogP contribution in [0.1, 0.15) is 26.5 Å². The van der Waals surface area contributed by atoms with Gasteiger partial charge in [-0.05, 0) is 26.8 Å². The number of hydrogen-bond acceptors (Lipinski definition) is 5. The first-order valence-corrected chi connectivity index (χ1v) is 4.42. The number of rotatable bonds is 2. The lowest BCUT2D eigenvalue weighted by Gasteiger charge is -2.19. The molecule has 0 spiro atoms. The number of nitrogens with two attached hydrogens (primary N) is 1. The summed E-state index contributed by atoms with van der Waals surface area (Å²) >= 11 is 0. The van der Waals surface area contributed by atoms with Crippen molar-refractivity contribution in [1.82, 2.24) is 9.97 Å².